The average molecular weight is 291 g/mol. The van der Waals surface area contributed by atoms with Gasteiger partial charge in [-0.25, -0.2) is 4.79 Å². The van der Waals surface area contributed by atoms with Crippen LogP contribution in [0.5, 0.6) is 11.5 Å². The molecule has 0 aliphatic carbocycles. The lowest BCUT2D eigenvalue weighted by atomic mass is 10.2. The van der Waals surface area contributed by atoms with E-state index in [1.165, 1.54) is 0 Å². The second-order valence-corrected chi connectivity index (χ2v) is 5.61. The van der Waals surface area contributed by atoms with Gasteiger partial charge in [-0.3, -0.25) is 4.90 Å². The lowest BCUT2D eigenvalue weighted by Gasteiger charge is -2.36. The van der Waals surface area contributed by atoms with Gasteiger partial charge >= 0.3 is 6.03 Å². The maximum atomic E-state index is 12.3. The molecule has 1 aromatic rings. The van der Waals surface area contributed by atoms with Crippen molar-refractivity contribution in [3.8, 4) is 11.5 Å². The summed E-state index contributed by atoms with van der Waals surface area (Å²) in [6, 6.07) is 5.91. The van der Waals surface area contributed by atoms with Gasteiger partial charge in [-0.1, -0.05) is 0 Å². The lowest BCUT2D eigenvalue weighted by molar-refractivity contribution is 0.125. The number of piperazine rings is 1. The molecule has 114 valence electrons. The maximum absolute atomic E-state index is 12.3. The van der Waals surface area contributed by atoms with Crippen LogP contribution in [0, 0.1) is 0 Å². The molecule has 21 heavy (non-hydrogen) atoms. The number of carbonyl (C=O) groups is 1. The Labute approximate surface area is 124 Å². The van der Waals surface area contributed by atoms with Crippen molar-refractivity contribution in [1.29, 1.82) is 0 Å². The Kier molecular flexibility index (Phi) is 3.88. The van der Waals surface area contributed by atoms with Gasteiger partial charge in [0.1, 0.15) is 0 Å². The third kappa shape index (κ3) is 3.05. The second kappa shape index (κ2) is 5.81. The third-order valence-corrected chi connectivity index (χ3v) is 3.96. The summed E-state index contributed by atoms with van der Waals surface area (Å²) in [6.45, 7) is 7.97. The number of nitrogens with one attached hydrogen (secondary N) is 1. The molecule has 0 spiro atoms. The summed E-state index contributed by atoms with van der Waals surface area (Å²) in [5.41, 5.74) is 0.732. The quantitative estimate of drug-likeness (QED) is 0.905. The highest BCUT2D eigenvalue weighted by Crippen LogP contribution is 2.34. The van der Waals surface area contributed by atoms with Crippen molar-refractivity contribution >= 4 is 11.7 Å². The fraction of sp³-hybridized carbons (Fsp3) is 0.533. The van der Waals surface area contributed by atoms with Crippen LogP contribution in [0.15, 0.2) is 18.2 Å². The molecule has 2 heterocycles. The zero-order valence-corrected chi connectivity index (χ0v) is 12.5. The van der Waals surface area contributed by atoms with E-state index in [0.717, 1.165) is 37.6 Å². The number of anilines is 1. The molecule has 2 amide bonds. The Bertz CT molecular complexity index is 525. The number of ether oxygens (including phenoxy) is 2. The minimum atomic E-state index is -0.0581. The molecule has 3 rings (SSSR count). The molecule has 1 aromatic carbocycles. The van der Waals surface area contributed by atoms with E-state index in [1.807, 2.05) is 17.0 Å². The number of urea groups is 1. The molecule has 0 bridgehead atoms. The van der Waals surface area contributed by atoms with E-state index in [1.54, 1.807) is 6.07 Å². The van der Waals surface area contributed by atoms with E-state index in [0.29, 0.717) is 11.8 Å². The van der Waals surface area contributed by atoms with Crippen LogP contribution >= 0.6 is 0 Å². The van der Waals surface area contributed by atoms with Crippen molar-refractivity contribution in [2.24, 2.45) is 0 Å². The van der Waals surface area contributed by atoms with E-state index < -0.39 is 0 Å². The largest absolute Gasteiger partial charge is 0.454 e. The number of rotatable bonds is 2. The molecule has 0 atom stereocenters. The van der Waals surface area contributed by atoms with Gasteiger partial charge in [0.2, 0.25) is 6.79 Å². The molecule has 0 unspecified atom stereocenters. The maximum Gasteiger partial charge on any atom is 0.321 e. The fourth-order valence-corrected chi connectivity index (χ4v) is 2.62. The topological polar surface area (TPSA) is 54.0 Å². The number of benzene rings is 1. The molecule has 1 N–H and O–H groups in total. The number of amides is 2. The first kappa shape index (κ1) is 14.0. The van der Waals surface area contributed by atoms with E-state index in [4.69, 9.17) is 9.47 Å². The molecule has 0 saturated carbocycles. The first-order valence-electron chi connectivity index (χ1n) is 7.33. The highest BCUT2D eigenvalue weighted by atomic mass is 16.7. The first-order chi connectivity index (χ1) is 10.1. The van der Waals surface area contributed by atoms with E-state index >= 15 is 0 Å². The molecule has 6 nitrogen and oxygen atoms in total. The summed E-state index contributed by atoms with van der Waals surface area (Å²) < 4.78 is 10.6. The van der Waals surface area contributed by atoms with Crippen molar-refractivity contribution in [2.45, 2.75) is 19.9 Å². The number of carbonyl (C=O) groups excluding carboxylic acids is 1. The minimum Gasteiger partial charge on any atom is -0.454 e. The average Bonchev–Trinajstić information content (AvgIpc) is 2.95. The van der Waals surface area contributed by atoms with Crippen LogP contribution in [0.1, 0.15) is 13.8 Å². The van der Waals surface area contributed by atoms with Crippen LogP contribution in [0.3, 0.4) is 0 Å². The van der Waals surface area contributed by atoms with E-state index in [2.05, 4.69) is 24.1 Å². The summed E-state index contributed by atoms with van der Waals surface area (Å²) in [5.74, 6) is 1.40. The van der Waals surface area contributed by atoms with Crippen molar-refractivity contribution in [3.05, 3.63) is 18.2 Å². The highest BCUT2D eigenvalue weighted by Gasteiger charge is 2.23. The normalized spacial score (nSPS) is 18.1. The smallest absolute Gasteiger partial charge is 0.321 e. The molecule has 1 fully saturated rings. The Morgan fingerprint density at radius 1 is 1.14 bits per heavy atom. The SMILES string of the molecule is CC(C)N1CCN(C(=O)Nc2ccc3c(c2)OCO3)CC1. The van der Waals surface area contributed by atoms with Gasteiger partial charge in [0.05, 0.1) is 0 Å². The molecular weight excluding hydrogens is 270 g/mol. The van der Waals surface area contributed by atoms with Gasteiger partial charge in [0.15, 0.2) is 11.5 Å². The predicted octanol–water partition coefficient (Wildman–Crippen LogP) is 1.97. The van der Waals surface area contributed by atoms with Gasteiger partial charge in [-0.15, -0.1) is 0 Å². The van der Waals surface area contributed by atoms with Gasteiger partial charge in [-0.05, 0) is 26.0 Å². The molecule has 1 saturated heterocycles. The molecule has 6 heteroatoms. The van der Waals surface area contributed by atoms with Gasteiger partial charge in [0, 0.05) is 44.0 Å². The molecular formula is C15H21N3O3. The van der Waals surface area contributed by atoms with Gasteiger partial charge < -0.3 is 19.7 Å². The first-order valence-corrected chi connectivity index (χ1v) is 7.33. The number of hydrogen-bond acceptors (Lipinski definition) is 4. The van der Waals surface area contributed by atoms with Gasteiger partial charge in [-0.2, -0.15) is 0 Å². The zero-order valence-electron chi connectivity index (χ0n) is 12.5. The highest BCUT2D eigenvalue weighted by molar-refractivity contribution is 5.89. The summed E-state index contributed by atoms with van der Waals surface area (Å²) in [5, 5.41) is 2.92. The Morgan fingerprint density at radius 2 is 1.86 bits per heavy atom. The van der Waals surface area contributed by atoms with Crippen LogP contribution in [-0.4, -0.2) is 54.8 Å². The Hall–Kier alpha value is -1.95. The lowest BCUT2D eigenvalue weighted by Crippen LogP contribution is -2.51. The van der Waals surface area contributed by atoms with Crippen LogP contribution < -0.4 is 14.8 Å². The van der Waals surface area contributed by atoms with Crippen molar-refractivity contribution in [2.75, 3.05) is 38.3 Å². The second-order valence-electron chi connectivity index (χ2n) is 5.61. The van der Waals surface area contributed by atoms with Crippen molar-refractivity contribution < 1.29 is 14.3 Å². The minimum absolute atomic E-state index is 0.0581. The summed E-state index contributed by atoms with van der Waals surface area (Å²) in [6.07, 6.45) is 0. The monoisotopic (exact) mass is 291 g/mol. The van der Waals surface area contributed by atoms with Crippen LogP contribution in [0.25, 0.3) is 0 Å². The standard InChI is InChI=1S/C15H21N3O3/c1-11(2)17-5-7-18(8-6-17)15(19)16-12-3-4-13-14(9-12)21-10-20-13/h3-4,9,11H,5-8,10H2,1-2H3,(H,16,19). The van der Waals surface area contributed by atoms with Crippen molar-refractivity contribution in [1.82, 2.24) is 9.80 Å². The Morgan fingerprint density at radius 3 is 2.57 bits per heavy atom. The van der Waals surface area contributed by atoms with Crippen LogP contribution in [0.2, 0.25) is 0 Å². The van der Waals surface area contributed by atoms with Crippen molar-refractivity contribution in [3.63, 3.8) is 0 Å². The number of hydrogen-bond donors (Lipinski definition) is 1. The molecule has 0 aromatic heterocycles. The Balaban J connectivity index is 1.57. The molecule has 0 radical (unpaired) electrons. The molecule has 2 aliphatic rings. The van der Waals surface area contributed by atoms with E-state index in [9.17, 15) is 4.79 Å². The number of fused-ring (bicyclic) bond motifs is 1. The van der Waals surface area contributed by atoms with Crippen LogP contribution in [-0.2, 0) is 0 Å². The predicted molar refractivity (Wildman–Crippen MR) is 79.9 cm³/mol. The summed E-state index contributed by atoms with van der Waals surface area (Å²) in [4.78, 5) is 16.5. The summed E-state index contributed by atoms with van der Waals surface area (Å²) >= 11 is 0. The zero-order chi connectivity index (χ0) is 14.8. The fourth-order valence-electron chi connectivity index (χ4n) is 2.62. The van der Waals surface area contributed by atoms with Crippen LogP contribution in [0.4, 0.5) is 10.5 Å². The summed E-state index contributed by atoms with van der Waals surface area (Å²) in [7, 11) is 0. The molecule has 2 aliphatic heterocycles. The number of nitrogens with zero attached hydrogens (tertiary/aromatic N) is 2. The van der Waals surface area contributed by atoms with E-state index in [-0.39, 0.29) is 12.8 Å². The third-order valence-electron chi connectivity index (χ3n) is 3.96. The van der Waals surface area contributed by atoms with Gasteiger partial charge in [0.25, 0.3) is 0 Å².